The Labute approximate surface area is 177 Å². The Morgan fingerprint density at radius 1 is 1.03 bits per heavy atom. The molecule has 0 aliphatic heterocycles. The number of ether oxygens (including phenoxy) is 2. The third-order valence-electron chi connectivity index (χ3n) is 4.72. The molecule has 0 fully saturated rings. The Morgan fingerprint density at radius 3 is 2.43 bits per heavy atom. The van der Waals surface area contributed by atoms with Gasteiger partial charge >= 0.3 is 0 Å². The molecule has 158 valence electrons. The standard InChI is InChI=1S/C24H29N3O3/c1-3-16-29-21-11-13-22(14-12-21)30-18-24(28)27(2)15-7-10-20-17-23(26-25-20)19-8-5-4-6-9-19/h4-6,8-9,11-14,17H,3,7,10,15-16,18H2,1-2H3,(H,25,26). The summed E-state index contributed by atoms with van der Waals surface area (Å²) in [6.45, 7) is 3.44. The van der Waals surface area contributed by atoms with Crippen LogP contribution in [0.15, 0.2) is 60.7 Å². The summed E-state index contributed by atoms with van der Waals surface area (Å²) in [6, 6.07) is 19.5. The van der Waals surface area contributed by atoms with Crippen molar-refractivity contribution in [1.82, 2.24) is 15.1 Å². The zero-order valence-corrected chi connectivity index (χ0v) is 17.6. The van der Waals surface area contributed by atoms with Crippen molar-refractivity contribution < 1.29 is 14.3 Å². The minimum Gasteiger partial charge on any atom is -0.494 e. The molecule has 3 aromatic rings. The van der Waals surface area contributed by atoms with E-state index in [0.29, 0.717) is 18.9 Å². The maximum Gasteiger partial charge on any atom is 0.260 e. The number of carbonyl (C=O) groups excluding carboxylic acids is 1. The molecule has 0 spiro atoms. The first-order valence-corrected chi connectivity index (χ1v) is 10.3. The topological polar surface area (TPSA) is 67.5 Å². The summed E-state index contributed by atoms with van der Waals surface area (Å²) in [7, 11) is 1.80. The number of rotatable bonds is 11. The van der Waals surface area contributed by atoms with Crippen molar-refractivity contribution in [3.8, 4) is 22.8 Å². The second kappa shape index (κ2) is 11.0. The first-order chi connectivity index (χ1) is 14.7. The fourth-order valence-corrected chi connectivity index (χ4v) is 2.99. The van der Waals surface area contributed by atoms with E-state index < -0.39 is 0 Å². The number of aromatic amines is 1. The zero-order chi connectivity index (χ0) is 21.2. The quantitative estimate of drug-likeness (QED) is 0.514. The zero-order valence-electron chi connectivity index (χ0n) is 17.6. The molecule has 6 heteroatoms. The number of amides is 1. The van der Waals surface area contributed by atoms with Crippen molar-refractivity contribution in [2.24, 2.45) is 0 Å². The molecule has 0 radical (unpaired) electrons. The van der Waals surface area contributed by atoms with E-state index in [0.717, 1.165) is 42.0 Å². The molecule has 2 aromatic carbocycles. The SMILES string of the molecule is CCCOc1ccc(OCC(=O)N(C)CCCc2cc(-c3ccccc3)n[nH]2)cc1. The Morgan fingerprint density at radius 2 is 1.73 bits per heavy atom. The molecule has 0 saturated heterocycles. The molecule has 30 heavy (non-hydrogen) atoms. The number of benzene rings is 2. The number of carbonyl (C=O) groups is 1. The Bertz CT molecular complexity index is 907. The summed E-state index contributed by atoms with van der Waals surface area (Å²) in [5, 5.41) is 7.45. The maximum atomic E-state index is 12.3. The van der Waals surface area contributed by atoms with Crippen molar-refractivity contribution in [2.75, 3.05) is 26.8 Å². The molecule has 1 amide bonds. The van der Waals surface area contributed by atoms with Gasteiger partial charge in [-0.15, -0.1) is 0 Å². The molecule has 6 nitrogen and oxygen atoms in total. The highest BCUT2D eigenvalue weighted by Crippen LogP contribution is 2.18. The lowest BCUT2D eigenvalue weighted by Gasteiger charge is -2.17. The molecule has 1 aromatic heterocycles. The van der Waals surface area contributed by atoms with Gasteiger partial charge in [0, 0.05) is 24.8 Å². The van der Waals surface area contributed by atoms with E-state index >= 15 is 0 Å². The van der Waals surface area contributed by atoms with Crippen LogP contribution in [0, 0.1) is 0 Å². The number of aryl methyl sites for hydroxylation is 1. The molecule has 1 N–H and O–H groups in total. The van der Waals surface area contributed by atoms with Gasteiger partial charge in [-0.2, -0.15) is 5.10 Å². The molecular weight excluding hydrogens is 378 g/mol. The normalized spacial score (nSPS) is 10.6. The molecule has 3 rings (SSSR count). The van der Waals surface area contributed by atoms with Crippen LogP contribution in [0.4, 0.5) is 0 Å². The lowest BCUT2D eigenvalue weighted by atomic mass is 10.1. The number of hydrogen-bond acceptors (Lipinski definition) is 4. The van der Waals surface area contributed by atoms with Crippen molar-refractivity contribution in [3.63, 3.8) is 0 Å². The summed E-state index contributed by atoms with van der Waals surface area (Å²) in [5.41, 5.74) is 3.10. The molecule has 1 heterocycles. The summed E-state index contributed by atoms with van der Waals surface area (Å²) < 4.78 is 11.1. The second-order valence-corrected chi connectivity index (χ2v) is 7.17. The van der Waals surface area contributed by atoms with Crippen LogP contribution in [0.2, 0.25) is 0 Å². The van der Waals surface area contributed by atoms with Gasteiger partial charge in [-0.25, -0.2) is 0 Å². The van der Waals surface area contributed by atoms with Gasteiger partial charge in [-0.1, -0.05) is 37.3 Å². The second-order valence-electron chi connectivity index (χ2n) is 7.17. The lowest BCUT2D eigenvalue weighted by molar-refractivity contribution is -0.132. The van der Waals surface area contributed by atoms with Gasteiger partial charge in [0.05, 0.1) is 12.3 Å². The summed E-state index contributed by atoms with van der Waals surface area (Å²) in [6.07, 6.45) is 2.65. The molecule has 0 atom stereocenters. The van der Waals surface area contributed by atoms with E-state index in [9.17, 15) is 4.79 Å². The molecule has 0 aliphatic rings. The summed E-state index contributed by atoms with van der Waals surface area (Å²) in [4.78, 5) is 14.0. The predicted molar refractivity (Wildman–Crippen MR) is 118 cm³/mol. The largest absolute Gasteiger partial charge is 0.494 e. The molecule has 0 unspecified atom stereocenters. The minimum atomic E-state index is -0.0455. The first-order valence-electron chi connectivity index (χ1n) is 10.3. The number of nitrogens with zero attached hydrogens (tertiary/aromatic N) is 2. The Kier molecular flexibility index (Phi) is 7.89. The minimum absolute atomic E-state index is 0.0217. The fourth-order valence-electron chi connectivity index (χ4n) is 2.99. The predicted octanol–water partition coefficient (Wildman–Crippen LogP) is 4.34. The average Bonchev–Trinajstić information content (AvgIpc) is 3.26. The smallest absolute Gasteiger partial charge is 0.260 e. The fraction of sp³-hybridized carbons (Fsp3) is 0.333. The van der Waals surface area contributed by atoms with E-state index in [1.165, 1.54) is 0 Å². The van der Waals surface area contributed by atoms with Crippen LogP contribution in [0.3, 0.4) is 0 Å². The van der Waals surface area contributed by atoms with E-state index in [1.807, 2.05) is 54.6 Å². The summed E-state index contributed by atoms with van der Waals surface area (Å²) in [5.74, 6) is 1.42. The Balaban J connectivity index is 1.38. The highest BCUT2D eigenvalue weighted by Gasteiger charge is 2.10. The molecule has 0 bridgehead atoms. The van der Waals surface area contributed by atoms with Gasteiger partial charge < -0.3 is 14.4 Å². The molecule has 0 aliphatic carbocycles. The van der Waals surface area contributed by atoms with Gasteiger partial charge in [-0.05, 0) is 49.6 Å². The average molecular weight is 408 g/mol. The highest BCUT2D eigenvalue weighted by molar-refractivity contribution is 5.77. The molecular formula is C24H29N3O3. The first kappa shape index (κ1) is 21.4. The van der Waals surface area contributed by atoms with Gasteiger partial charge in [-0.3, -0.25) is 9.89 Å². The van der Waals surface area contributed by atoms with Gasteiger partial charge in [0.25, 0.3) is 5.91 Å². The van der Waals surface area contributed by atoms with Crippen LogP contribution in [0.25, 0.3) is 11.3 Å². The lowest BCUT2D eigenvalue weighted by Crippen LogP contribution is -2.32. The highest BCUT2D eigenvalue weighted by atomic mass is 16.5. The van der Waals surface area contributed by atoms with Crippen LogP contribution >= 0.6 is 0 Å². The van der Waals surface area contributed by atoms with Gasteiger partial charge in [0.2, 0.25) is 0 Å². The monoisotopic (exact) mass is 407 g/mol. The molecule has 0 saturated carbocycles. The van der Waals surface area contributed by atoms with Crippen LogP contribution in [0.5, 0.6) is 11.5 Å². The number of likely N-dealkylation sites (N-methyl/N-ethyl adjacent to an activating group) is 1. The van der Waals surface area contributed by atoms with Crippen molar-refractivity contribution in [3.05, 3.63) is 66.4 Å². The van der Waals surface area contributed by atoms with E-state index in [1.54, 1.807) is 11.9 Å². The van der Waals surface area contributed by atoms with Crippen LogP contribution in [0.1, 0.15) is 25.5 Å². The van der Waals surface area contributed by atoms with Crippen molar-refractivity contribution in [2.45, 2.75) is 26.2 Å². The van der Waals surface area contributed by atoms with Crippen LogP contribution in [-0.4, -0.2) is 47.8 Å². The summed E-state index contributed by atoms with van der Waals surface area (Å²) >= 11 is 0. The number of hydrogen-bond donors (Lipinski definition) is 1. The Hall–Kier alpha value is -3.28. The number of aromatic nitrogens is 2. The third kappa shape index (κ3) is 6.37. The van der Waals surface area contributed by atoms with Gasteiger partial charge in [0.1, 0.15) is 11.5 Å². The number of H-pyrrole nitrogens is 1. The number of nitrogens with one attached hydrogen (secondary N) is 1. The maximum absolute atomic E-state index is 12.3. The van der Waals surface area contributed by atoms with E-state index in [2.05, 4.69) is 23.2 Å². The van der Waals surface area contributed by atoms with Crippen molar-refractivity contribution >= 4 is 5.91 Å². The van der Waals surface area contributed by atoms with E-state index in [4.69, 9.17) is 9.47 Å². The van der Waals surface area contributed by atoms with Gasteiger partial charge in [0.15, 0.2) is 6.61 Å². The van der Waals surface area contributed by atoms with E-state index in [-0.39, 0.29) is 12.5 Å². The third-order valence-corrected chi connectivity index (χ3v) is 4.72. The van der Waals surface area contributed by atoms with Crippen LogP contribution in [-0.2, 0) is 11.2 Å². The van der Waals surface area contributed by atoms with Crippen LogP contribution < -0.4 is 9.47 Å². The van der Waals surface area contributed by atoms with Crippen molar-refractivity contribution in [1.29, 1.82) is 0 Å².